The zero-order valence-electron chi connectivity index (χ0n) is 9.86. The number of hydrogen-bond donors (Lipinski definition) is 5. The van der Waals surface area contributed by atoms with E-state index in [-0.39, 0.29) is 19.6 Å². The summed E-state index contributed by atoms with van der Waals surface area (Å²) < 4.78 is 10.2. The first-order valence-electron chi connectivity index (χ1n) is 5.64. The van der Waals surface area contributed by atoms with Crippen LogP contribution in [0.3, 0.4) is 0 Å². The van der Waals surface area contributed by atoms with E-state index in [2.05, 4.69) is 0 Å². The van der Waals surface area contributed by atoms with Crippen molar-refractivity contribution in [3.05, 3.63) is 0 Å². The smallest absolute Gasteiger partial charge is 0.109 e. The molecule has 7 heteroatoms. The largest absolute Gasteiger partial charge is 0.396 e. The summed E-state index contributed by atoms with van der Waals surface area (Å²) in [5.74, 6) is 0. The summed E-state index contributed by atoms with van der Waals surface area (Å²) in [5, 5.41) is 36.6. The van der Waals surface area contributed by atoms with Crippen molar-refractivity contribution in [2.75, 3.05) is 39.6 Å². The van der Waals surface area contributed by atoms with Crippen LogP contribution in [-0.2, 0) is 9.47 Å². The van der Waals surface area contributed by atoms with Gasteiger partial charge in [-0.25, -0.2) is 0 Å². The summed E-state index contributed by atoms with van der Waals surface area (Å²) in [6.45, 7) is 0.672. The highest BCUT2D eigenvalue weighted by molar-refractivity contribution is 4.75. The minimum atomic E-state index is -1.23. The molecule has 0 heterocycles. The molecule has 0 radical (unpaired) electrons. The summed E-state index contributed by atoms with van der Waals surface area (Å²) >= 11 is 0. The molecule has 0 rings (SSSR count). The SMILES string of the molecule is NCCOCCOC(CO)C(O)C(O)CCO. The summed E-state index contributed by atoms with van der Waals surface area (Å²) in [6, 6.07) is 0. The molecule has 0 saturated carbocycles. The Morgan fingerprint density at radius 1 is 1.06 bits per heavy atom. The lowest BCUT2D eigenvalue weighted by atomic mass is 10.1. The van der Waals surface area contributed by atoms with Crippen molar-refractivity contribution in [2.45, 2.75) is 24.7 Å². The predicted octanol–water partition coefficient (Wildman–Crippen LogP) is -2.56. The van der Waals surface area contributed by atoms with Gasteiger partial charge in [-0.15, -0.1) is 0 Å². The van der Waals surface area contributed by atoms with E-state index >= 15 is 0 Å². The van der Waals surface area contributed by atoms with Gasteiger partial charge in [0, 0.05) is 13.2 Å². The number of rotatable bonds is 11. The van der Waals surface area contributed by atoms with E-state index in [0.717, 1.165) is 0 Å². The van der Waals surface area contributed by atoms with Crippen molar-refractivity contribution in [1.82, 2.24) is 0 Å². The quantitative estimate of drug-likeness (QED) is 0.256. The van der Waals surface area contributed by atoms with Crippen molar-refractivity contribution in [2.24, 2.45) is 5.73 Å². The summed E-state index contributed by atoms with van der Waals surface area (Å²) in [6.07, 6.45) is -3.22. The van der Waals surface area contributed by atoms with Crippen molar-refractivity contribution in [1.29, 1.82) is 0 Å². The van der Waals surface area contributed by atoms with E-state index in [1.165, 1.54) is 0 Å². The maximum absolute atomic E-state index is 9.60. The van der Waals surface area contributed by atoms with Crippen LogP contribution < -0.4 is 5.73 Å². The first-order valence-corrected chi connectivity index (χ1v) is 5.64. The van der Waals surface area contributed by atoms with Crippen molar-refractivity contribution in [3.63, 3.8) is 0 Å². The second-order valence-electron chi connectivity index (χ2n) is 3.56. The van der Waals surface area contributed by atoms with Gasteiger partial charge < -0.3 is 35.6 Å². The first-order chi connectivity index (χ1) is 8.17. The van der Waals surface area contributed by atoms with E-state index < -0.39 is 24.9 Å². The van der Waals surface area contributed by atoms with Gasteiger partial charge in [0.05, 0.1) is 32.5 Å². The molecule has 104 valence electrons. The number of nitrogens with two attached hydrogens (primary N) is 1. The zero-order valence-corrected chi connectivity index (χ0v) is 9.86. The van der Waals surface area contributed by atoms with Crippen LogP contribution in [-0.4, -0.2) is 78.3 Å². The Bertz CT molecular complexity index is 171. The van der Waals surface area contributed by atoms with Crippen LogP contribution in [0.1, 0.15) is 6.42 Å². The molecule has 0 spiro atoms. The molecule has 0 aromatic rings. The fourth-order valence-corrected chi connectivity index (χ4v) is 1.25. The lowest BCUT2D eigenvalue weighted by Crippen LogP contribution is -2.42. The lowest BCUT2D eigenvalue weighted by molar-refractivity contribution is -0.117. The highest BCUT2D eigenvalue weighted by Gasteiger charge is 2.26. The maximum Gasteiger partial charge on any atom is 0.109 e. The van der Waals surface area contributed by atoms with Gasteiger partial charge in [-0.1, -0.05) is 0 Å². The van der Waals surface area contributed by atoms with E-state index in [0.29, 0.717) is 19.8 Å². The molecular formula is C10H23NO6. The molecule has 0 fully saturated rings. The molecule has 0 bridgehead atoms. The fraction of sp³-hybridized carbons (Fsp3) is 1.00. The Labute approximate surface area is 101 Å². The van der Waals surface area contributed by atoms with Gasteiger partial charge in [-0.2, -0.15) is 0 Å². The number of aliphatic hydroxyl groups is 4. The van der Waals surface area contributed by atoms with Gasteiger partial charge >= 0.3 is 0 Å². The molecule has 0 aliphatic carbocycles. The predicted molar refractivity (Wildman–Crippen MR) is 60.4 cm³/mol. The minimum Gasteiger partial charge on any atom is -0.396 e. The van der Waals surface area contributed by atoms with Crippen LogP contribution in [0.4, 0.5) is 0 Å². The van der Waals surface area contributed by atoms with Gasteiger partial charge in [0.1, 0.15) is 12.2 Å². The molecule has 0 aliphatic rings. The average molecular weight is 253 g/mol. The molecule has 0 amide bonds. The summed E-state index contributed by atoms with van der Waals surface area (Å²) in [7, 11) is 0. The normalized spacial score (nSPS) is 16.8. The van der Waals surface area contributed by atoms with Gasteiger partial charge in [-0.05, 0) is 6.42 Å². The number of aliphatic hydroxyl groups excluding tert-OH is 4. The van der Waals surface area contributed by atoms with E-state index in [4.69, 9.17) is 25.4 Å². The van der Waals surface area contributed by atoms with Crippen LogP contribution in [0.2, 0.25) is 0 Å². The monoisotopic (exact) mass is 253 g/mol. The standard InChI is InChI=1S/C10H23NO6/c11-2-4-16-5-6-17-9(7-13)10(15)8(14)1-3-12/h8-10,12-15H,1-7,11H2. The Morgan fingerprint density at radius 3 is 2.29 bits per heavy atom. The van der Waals surface area contributed by atoms with Crippen LogP contribution in [0.15, 0.2) is 0 Å². The number of hydrogen-bond acceptors (Lipinski definition) is 7. The van der Waals surface area contributed by atoms with Gasteiger partial charge in [0.2, 0.25) is 0 Å². The lowest BCUT2D eigenvalue weighted by Gasteiger charge is -2.25. The highest BCUT2D eigenvalue weighted by atomic mass is 16.5. The van der Waals surface area contributed by atoms with E-state index in [1.54, 1.807) is 0 Å². The first kappa shape index (κ1) is 16.7. The molecule has 0 saturated heterocycles. The molecule has 0 aromatic heterocycles. The van der Waals surface area contributed by atoms with Crippen LogP contribution >= 0.6 is 0 Å². The molecular weight excluding hydrogens is 230 g/mol. The Balaban J connectivity index is 3.80. The van der Waals surface area contributed by atoms with Gasteiger partial charge in [-0.3, -0.25) is 0 Å². The zero-order chi connectivity index (χ0) is 13.1. The van der Waals surface area contributed by atoms with Crippen molar-refractivity contribution in [3.8, 4) is 0 Å². The van der Waals surface area contributed by atoms with E-state index in [1.807, 2.05) is 0 Å². The third-order valence-corrected chi connectivity index (χ3v) is 2.20. The number of ether oxygens (including phenoxy) is 2. The molecule has 6 N–H and O–H groups in total. The second kappa shape index (κ2) is 10.8. The summed E-state index contributed by atoms with van der Waals surface area (Å²) in [4.78, 5) is 0. The molecule has 3 unspecified atom stereocenters. The highest BCUT2D eigenvalue weighted by Crippen LogP contribution is 2.07. The third kappa shape index (κ3) is 7.61. The molecule has 0 aromatic carbocycles. The van der Waals surface area contributed by atoms with Gasteiger partial charge in [0.15, 0.2) is 0 Å². The topological polar surface area (TPSA) is 125 Å². The van der Waals surface area contributed by atoms with Crippen LogP contribution in [0.5, 0.6) is 0 Å². The van der Waals surface area contributed by atoms with E-state index in [9.17, 15) is 10.2 Å². The third-order valence-electron chi connectivity index (χ3n) is 2.20. The molecule has 7 nitrogen and oxygen atoms in total. The Hall–Kier alpha value is -0.280. The molecule has 17 heavy (non-hydrogen) atoms. The second-order valence-corrected chi connectivity index (χ2v) is 3.56. The Morgan fingerprint density at radius 2 is 1.76 bits per heavy atom. The molecule has 3 atom stereocenters. The molecule has 0 aliphatic heterocycles. The van der Waals surface area contributed by atoms with Crippen molar-refractivity contribution >= 4 is 0 Å². The van der Waals surface area contributed by atoms with Crippen LogP contribution in [0, 0.1) is 0 Å². The van der Waals surface area contributed by atoms with Crippen molar-refractivity contribution < 1.29 is 29.9 Å². The van der Waals surface area contributed by atoms with Gasteiger partial charge in [0.25, 0.3) is 0 Å². The van der Waals surface area contributed by atoms with Crippen LogP contribution in [0.25, 0.3) is 0 Å². The fourth-order valence-electron chi connectivity index (χ4n) is 1.25. The average Bonchev–Trinajstić information content (AvgIpc) is 2.33. The minimum absolute atomic E-state index is 0.0324. The summed E-state index contributed by atoms with van der Waals surface area (Å²) in [5.41, 5.74) is 5.22. The Kier molecular flexibility index (Phi) is 10.7. The maximum atomic E-state index is 9.60.